The summed E-state index contributed by atoms with van der Waals surface area (Å²) in [5.41, 5.74) is 4.17. The van der Waals surface area contributed by atoms with Crippen LogP contribution in [0.5, 0.6) is 0 Å². The average molecular weight is 381 g/mol. The number of nitrogens with zero attached hydrogens (tertiary/aromatic N) is 4. The Labute approximate surface area is 165 Å². The lowest BCUT2D eigenvalue weighted by Crippen LogP contribution is -2.42. The molecule has 2 aromatic rings. The highest BCUT2D eigenvalue weighted by atomic mass is 16.5. The largest absolute Gasteiger partial charge is 0.378 e. The molecule has 0 bridgehead atoms. The Morgan fingerprint density at radius 1 is 1.21 bits per heavy atom. The van der Waals surface area contributed by atoms with Crippen LogP contribution >= 0.6 is 0 Å². The molecule has 28 heavy (non-hydrogen) atoms. The molecule has 2 amide bonds. The Hall–Kier alpha value is -2.67. The fraction of sp³-hybridized carbons (Fsp3) is 0.476. The van der Waals surface area contributed by atoms with Crippen LogP contribution in [0.25, 0.3) is 0 Å². The van der Waals surface area contributed by atoms with Crippen LogP contribution in [0.4, 0.5) is 16.3 Å². The molecule has 2 aliphatic rings. The Balaban J connectivity index is 1.54. The molecule has 1 fully saturated rings. The van der Waals surface area contributed by atoms with Gasteiger partial charge in [-0.25, -0.2) is 14.8 Å². The number of hydrogen-bond donors (Lipinski definition) is 1. The van der Waals surface area contributed by atoms with Crippen LogP contribution in [0, 0.1) is 6.92 Å². The second-order valence-electron chi connectivity index (χ2n) is 7.27. The molecule has 0 atom stereocenters. The van der Waals surface area contributed by atoms with Crippen molar-refractivity contribution >= 4 is 17.5 Å². The number of morpholine rings is 1. The lowest BCUT2D eigenvalue weighted by molar-refractivity contribution is 0.122. The van der Waals surface area contributed by atoms with Crippen molar-refractivity contribution in [1.29, 1.82) is 0 Å². The maximum absolute atomic E-state index is 12.9. The number of urea groups is 1. The van der Waals surface area contributed by atoms with E-state index in [0.29, 0.717) is 26.3 Å². The summed E-state index contributed by atoms with van der Waals surface area (Å²) < 4.78 is 5.48. The third-order valence-electron chi connectivity index (χ3n) is 5.33. The highest BCUT2D eigenvalue weighted by Gasteiger charge is 2.27. The zero-order chi connectivity index (χ0) is 19.5. The molecule has 148 valence electrons. The lowest BCUT2D eigenvalue weighted by Gasteiger charge is -2.34. The van der Waals surface area contributed by atoms with Crippen molar-refractivity contribution in [3.63, 3.8) is 0 Å². The number of rotatable bonds is 3. The maximum atomic E-state index is 12.9. The summed E-state index contributed by atoms with van der Waals surface area (Å²) >= 11 is 0. The van der Waals surface area contributed by atoms with Gasteiger partial charge in [0.25, 0.3) is 0 Å². The fourth-order valence-electron chi connectivity index (χ4n) is 3.80. The summed E-state index contributed by atoms with van der Waals surface area (Å²) in [6.45, 7) is 8.28. The van der Waals surface area contributed by atoms with Crippen LogP contribution in [0.3, 0.4) is 0 Å². The van der Waals surface area contributed by atoms with E-state index in [2.05, 4.69) is 28.2 Å². The summed E-state index contributed by atoms with van der Waals surface area (Å²) in [4.78, 5) is 26.3. The van der Waals surface area contributed by atoms with E-state index in [1.165, 1.54) is 5.56 Å². The number of aryl methyl sites for hydroxylation is 2. The normalized spacial score (nSPS) is 16.6. The molecule has 1 N–H and O–H groups in total. The molecule has 1 aromatic heterocycles. The van der Waals surface area contributed by atoms with Crippen molar-refractivity contribution in [2.75, 3.05) is 43.1 Å². The molecule has 4 rings (SSSR count). The van der Waals surface area contributed by atoms with Gasteiger partial charge in [-0.15, -0.1) is 0 Å². The monoisotopic (exact) mass is 381 g/mol. The fourth-order valence-corrected chi connectivity index (χ4v) is 3.80. The molecule has 0 radical (unpaired) electrons. The SMILES string of the molecule is CCc1cccc(NC(=O)N2CCc3nc(C)nc(N4CCOCC4)c3C2)c1. The van der Waals surface area contributed by atoms with Crippen molar-refractivity contribution in [3.8, 4) is 0 Å². The highest BCUT2D eigenvalue weighted by Crippen LogP contribution is 2.27. The first kappa shape index (κ1) is 18.7. The Kier molecular flexibility index (Phi) is 5.43. The number of carbonyl (C=O) groups is 1. The van der Waals surface area contributed by atoms with Crippen molar-refractivity contribution in [1.82, 2.24) is 14.9 Å². The van der Waals surface area contributed by atoms with Gasteiger partial charge in [-0.05, 0) is 31.0 Å². The number of anilines is 2. The van der Waals surface area contributed by atoms with Gasteiger partial charge in [0.15, 0.2) is 0 Å². The molecule has 1 saturated heterocycles. The van der Waals surface area contributed by atoms with Gasteiger partial charge in [0.05, 0.1) is 25.5 Å². The predicted octanol–water partition coefficient (Wildman–Crippen LogP) is 2.77. The minimum Gasteiger partial charge on any atom is -0.378 e. The molecule has 3 heterocycles. The number of carbonyl (C=O) groups excluding carboxylic acids is 1. The molecule has 0 spiro atoms. The lowest BCUT2D eigenvalue weighted by atomic mass is 10.1. The van der Waals surface area contributed by atoms with Gasteiger partial charge >= 0.3 is 6.03 Å². The van der Waals surface area contributed by atoms with Gasteiger partial charge in [-0.2, -0.15) is 0 Å². The van der Waals surface area contributed by atoms with Gasteiger partial charge in [0.2, 0.25) is 0 Å². The van der Waals surface area contributed by atoms with Gasteiger partial charge in [-0.1, -0.05) is 19.1 Å². The minimum atomic E-state index is -0.0765. The predicted molar refractivity (Wildman–Crippen MR) is 109 cm³/mol. The van der Waals surface area contributed by atoms with Crippen LogP contribution in [0.1, 0.15) is 29.6 Å². The molecule has 0 saturated carbocycles. The van der Waals surface area contributed by atoms with E-state index in [4.69, 9.17) is 9.72 Å². The van der Waals surface area contributed by atoms with Gasteiger partial charge < -0.3 is 19.9 Å². The van der Waals surface area contributed by atoms with E-state index in [9.17, 15) is 4.79 Å². The van der Waals surface area contributed by atoms with Crippen LogP contribution in [0.2, 0.25) is 0 Å². The number of fused-ring (bicyclic) bond motifs is 1. The maximum Gasteiger partial charge on any atom is 0.322 e. The van der Waals surface area contributed by atoms with Crippen LogP contribution in [-0.2, 0) is 24.1 Å². The first-order valence-corrected chi connectivity index (χ1v) is 9.98. The third kappa shape index (κ3) is 3.94. The molecular formula is C21H27N5O2. The second-order valence-corrected chi connectivity index (χ2v) is 7.27. The van der Waals surface area contributed by atoms with Crippen LogP contribution < -0.4 is 10.2 Å². The minimum absolute atomic E-state index is 0.0765. The Morgan fingerprint density at radius 2 is 2.04 bits per heavy atom. The smallest absolute Gasteiger partial charge is 0.322 e. The van der Waals surface area contributed by atoms with E-state index in [1.807, 2.05) is 30.0 Å². The summed E-state index contributed by atoms with van der Waals surface area (Å²) in [6.07, 6.45) is 1.69. The zero-order valence-corrected chi connectivity index (χ0v) is 16.6. The third-order valence-corrected chi connectivity index (χ3v) is 5.33. The number of hydrogen-bond acceptors (Lipinski definition) is 5. The molecule has 0 unspecified atom stereocenters. The molecule has 2 aliphatic heterocycles. The van der Waals surface area contributed by atoms with E-state index < -0.39 is 0 Å². The number of ether oxygens (including phenoxy) is 1. The molecular weight excluding hydrogens is 354 g/mol. The number of aromatic nitrogens is 2. The van der Waals surface area contributed by atoms with Crippen molar-refractivity contribution in [2.24, 2.45) is 0 Å². The van der Waals surface area contributed by atoms with E-state index in [-0.39, 0.29) is 6.03 Å². The zero-order valence-electron chi connectivity index (χ0n) is 16.6. The summed E-state index contributed by atoms with van der Waals surface area (Å²) in [6, 6.07) is 7.93. The van der Waals surface area contributed by atoms with E-state index >= 15 is 0 Å². The Morgan fingerprint density at radius 3 is 2.82 bits per heavy atom. The number of nitrogens with one attached hydrogen (secondary N) is 1. The molecule has 0 aliphatic carbocycles. The van der Waals surface area contributed by atoms with Crippen LogP contribution in [0.15, 0.2) is 24.3 Å². The van der Waals surface area contributed by atoms with Crippen LogP contribution in [-0.4, -0.2) is 53.7 Å². The average Bonchev–Trinajstić information content (AvgIpc) is 2.73. The second kappa shape index (κ2) is 8.14. The van der Waals surface area contributed by atoms with Crippen molar-refractivity contribution in [2.45, 2.75) is 33.2 Å². The highest BCUT2D eigenvalue weighted by molar-refractivity contribution is 5.89. The first-order valence-electron chi connectivity index (χ1n) is 9.98. The van der Waals surface area contributed by atoms with Gasteiger partial charge in [0.1, 0.15) is 11.6 Å². The summed E-state index contributed by atoms with van der Waals surface area (Å²) in [7, 11) is 0. The standard InChI is InChI=1S/C21H27N5O2/c1-3-16-5-4-6-17(13-16)24-21(27)26-8-7-19-18(14-26)20(23-15(2)22-19)25-9-11-28-12-10-25/h4-6,13H,3,7-12,14H2,1-2H3,(H,24,27). The quantitative estimate of drug-likeness (QED) is 0.885. The van der Waals surface area contributed by atoms with Gasteiger partial charge in [-0.3, -0.25) is 0 Å². The number of benzene rings is 1. The first-order chi connectivity index (χ1) is 13.6. The molecule has 7 nitrogen and oxygen atoms in total. The van der Waals surface area contributed by atoms with E-state index in [1.54, 1.807) is 0 Å². The molecule has 1 aromatic carbocycles. The van der Waals surface area contributed by atoms with Gasteiger partial charge in [0, 0.05) is 37.3 Å². The molecule has 7 heteroatoms. The van der Waals surface area contributed by atoms with E-state index in [0.717, 1.165) is 54.5 Å². The summed E-state index contributed by atoms with van der Waals surface area (Å²) in [5.74, 6) is 1.74. The summed E-state index contributed by atoms with van der Waals surface area (Å²) in [5, 5.41) is 3.04. The Bertz CT molecular complexity index is 864. The number of amides is 2. The van der Waals surface area contributed by atoms with Crippen molar-refractivity contribution in [3.05, 3.63) is 46.9 Å². The topological polar surface area (TPSA) is 70.6 Å². The van der Waals surface area contributed by atoms with Crippen molar-refractivity contribution < 1.29 is 9.53 Å².